The van der Waals surface area contributed by atoms with Gasteiger partial charge in [0.25, 0.3) is 0 Å². The van der Waals surface area contributed by atoms with Crippen LogP contribution in [0.25, 0.3) is 11.1 Å². The van der Waals surface area contributed by atoms with Crippen LogP contribution in [0.4, 0.5) is 26.7 Å². The molecular formula is C30H36F5NO4. The molecule has 0 radical (unpaired) electrons. The monoisotopic (exact) mass is 569 g/mol. The van der Waals surface area contributed by atoms with E-state index in [0.717, 1.165) is 6.07 Å². The van der Waals surface area contributed by atoms with Gasteiger partial charge in [-0.2, -0.15) is 13.2 Å². The summed E-state index contributed by atoms with van der Waals surface area (Å²) in [5.74, 6) is -3.05. The molecule has 1 amide bonds. The van der Waals surface area contributed by atoms with Crippen molar-refractivity contribution in [1.29, 1.82) is 0 Å². The lowest BCUT2D eigenvalue weighted by molar-refractivity contribution is -0.143. The second-order valence-electron chi connectivity index (χ2n) is 10.4. The summed E-state index contributed by atoms with van der Waals surface area (Å²) in [7, 11) is 0. The molecule has 2 rings (SSSR count). The maximum absolute atomic E-state index is 15.6. The second kappa shape index (κ2) is 13.8. The lowest BCUT2D eigenvalue weighted by Gasteiger charge is -2.25. The third-order valence-corrected chi connectivity index (χ3v) is 5.87. The number of hydrogen-bond acceptors (Lipinski definition) is 4. The van der Waals surface area contributed by atoms with Crippen LogP contribution in [0, 0.1) is 18.6 Å². The average Bonchev–Trinajstić information content (AvgIpc) is 2.80. The van der Waals surface area contributed by atoms with E-state index in [-0.39, 0.29) is 12.2 Å². The van der Waals surface area contributed by atoms with Gasteiger partial charge in [-0.15, -0.1) is 0 Å². The zero-order valence-electron chi connectivity index (χ0n) is 23.6. The smallest absolute Gasteiger partial charge is 0.419 e. The van der Waals surface area contributed by atoms with Crippen LogP contribution in [-0.4, -0.2) is 24.3 Å². The molecule has 0 bridgehead atoms. The minimum Gasteiger partial charge on any atom is -0.466 e. The Balaban J connectivity index is 2.77. The summed E-state index contributed by atoms with van der Waals surface area (Å²) < 4.78 is 82.3. The van der Waals surface area contributed by atoms with Crippen LogP contribution in [0.15, 0.2) is 36.4 Å². The summed E-state index contributed by atoms with van der Waals surface area (Å²) in [5.41, 5.74) is -2.02. The summed E-state index contributed by atoms with van der Waals surface area (Å²) in [4.78, 5) is 24.9. The number of amides is 1. The molecule has 2 aromatic carbocycles. The highest BCUT2D eigenvalue weighted by Crippen LogP contribution is 2.40. The van der Waals surface area contributed by atoms with Gasteiger partial charge in [-0.05, 0) is 107 Å². The second-order valence-corrected chi connectivity index (χ2v) is 10.4. The topological polar surface area (TPSA) is 64.6 Å². The predicted molar refractivity (Wildman–Crippen MR) is 143 cm³/mol. The van der Waals surface area contributed by atoms with Crippen molar-refractivity contribution >= 4 is 12.1 Å². The molecule has 40 heavy (non-hydrogen) atoms. The quantitative estimate of drug-likeness (QED) is 0.135. The van der Waals surface area contributed by atoms with E-state index in [1.165, 1.54) is 19.1 Å². The highest BCUT2D eigenvalue weighted by atomic mass is 19.4. The lowest BCUT2D eigenvalue weighted by atomic mass is 9.88. The number of ether oxygens (including phenoxy) is 2. The van der Waals surface area contributed by atoms with Crippen LogP contribution in [0.5, 0.6) is 0 Å². The first kappa shape index (κ1) is 32.8. The van der Waals surface area contributed by atoms with Crippen LogP contribution in [0.1, 0.15) is 82.2 Å². The number of halogens is 5. The fraction of sp³-hybridized carbons (Fsp3) is 0.467. The first-order valence-electron chi connectivity index (χ1n) is 13.0. The van der Waals surface area contributed by atoms with Crippen molar-refractivity contribution in [2.45, 2.75) is 85.0 Å². The molecule has 2 aromatic rings. The van der Waals surface area contributed by atoms with Gasteiger partial charge in [0.2, 0.25) is 0 Å². The zero-order chi connectivity index (χ0) is 30.3. The number of esters is 1. The largest absolute Gasteiger partial charge is 0.466 e. The fourth-order valence-electron chi connectivity index (χ4n) is 4.33. The van der Waals surface area contributed by atoms with Gasteiger partial charge in [0.1, 0.15) is 17.2 Å². The van der Waals surface area contributed by atoms with Gasteiger partial charge in [-0.1, -0.05) is 12.2 Å². The van der Waals surface area contributed by atoms with Crippen LogP contribution in [-0.2, 0) is 26.9 Å². The Morgan fingerprint density at radius 3 is 2.33 bits per heavy atom. The van der Waals surface area contributed by atoms with Gasteiger partial charge in [0.05, 0.1) is 24.6 Å². The molecule has 1 atom stereocenters. The third-order valence-electron chi connectivity index (χ3n) is 5.87. The highest BCUT2D eigenvalue weighted by Gasteiger charge is 2.38. The normalized spacial score (nSPS) is 12.9. The Kier molecular flexibility index (Phi) is 11.3. The van der Waals surface area contributed by atoms with Crippen LogP contribution >= 0.6 is 0 Å². The van der Waals surface area contributed by atoms with Crippen molar-refractivity contribution < 1.29 is 41.0 Å². The SMILES string of the molecule is CC=CCCCc1cc(F)cc(C)c1-c1cc([C@H](CC(=O)OCC)NC(=O)OC(C)(C)C)c(F)c(C(F)(F)F)c1. The number of carbonyl (C=O) groups excluding carboxylic acids is 2. The van der Waals surface area contributed by atoms with Gasteiger partial charge in [-0.3, -0.25) is 4.79 Å². The molecule has 0 heterocycles. The Morgan fingerprint density at radius 2 is 1.75 bits per heavy atom. The molecule has 5 nitrogen and oxygen atoms in total. The van der Waals surface area contributed by atoms with E-state index in [2.05, 4.69) is 5.32 Å². The van der Waals surface area contributed by atoms with E-state index in [1.54, 1.807) is 27.7 Å². The number of unbranched alkanes of at least 4 members (excludes halogenated alkanes) is 1. The number of hydrogen-bond donors (Lipinski definition) is 1. The maximum atomic E-state index is 15.6. The molecular weight excluding hydrogens is 533 g/mol. The Hall–Kier alpha value is -3.43. The predicted octanol–water partition coefficient (Wildman–Crippen LogP) is 8.38. The van der Waals surface area contributed by atoms with E-state index < -0.39 is 59.1 Å². The maximum Gasteiger partial charge on any atom is 0.419 e. The zero-order valence-corrected chi connectivity index (χ0v) is 23.6. The number of benzene rings is 2. The molecule has 10 heteroatoms. The number of alkyl carbamates (subject to hydrolysis) is 1. The van der Waals surface area contributed by atoms with E-state index in [4.69, 9.17) is 9.47 Å². The number of rotatable bonds is 10. The minimum absolute atomic E-state index is 0.0258. The molecule has 0 unspecified atom stereocenters. The first-order chi connectivity index (χ1) is 18.6. The van der Waals surface area contributed by atoms with Crippen molar-refractivity contribution in [2.24, 2.45) is 0 Å². The molecule has 0 spiro atoms. The van der Waals surface area contributed by atoms with Crippen molar-refractivity contribution in [1.82, 2.24) is 5.32 Å². The minimum atomic E-state index is -5.10. The summed E-state index contributed by atoms with van der Waals surface area (Å²) in [6, 6.07) is 2.72. The number of aryl methyl sites for hydroxylation is 2. The molecule has 0 saturated heterocycles. The molecule has 0 fully saturated rings. The van der Waals surface area contributed by atoms with Gasteiger partial charge in [-0.25, -0.2) is 13.6 Å². The summed E-state index contributed by atoms with van der Waals surface area (Å²) in [5, 5.41) is 2.33. The first-order valence-corrected chi connectivity index (χ1v) is 13.0. The Morgan fingerprint density at radius 1 is 1.07 bits per heavy atom. The summed E-state index contributed by atoms with van der Waals surface area (Å²) >= 11 is 0. The molecule has 0 aliphatic carbocycles. The number of carbonyl (C=O) groups is 2. The van der Waals surface area contributed by atoms with Gasteiger partial charge in [0.15, 0.2) is 0 Å². The van der Waals surface area contributed by atoms with Crippen molar-refractivity contribution in [3.05, 3.63) is 70.3 Å². The summed E-state index contributed by atoms with van der Waals surface area (Å²) in [6.45, 7) is 9.64. The lowest BCUT2D eigenvalue weighted by Crippen LogP contribution is -2.36. The molecule has 0 saturated carbocycles. The Bertz CT molecular complexity index is 1230. The molecule has 0 aliphatic heterocycles. The van der Waals surface area contributed by atoms with E-state index in [9.17, 15) is 27.2 Å². The van der Waals surface area contributed by atoms with Crippen molar-refractivity contribution in [3.8, 4) is 11.1 Å². The number of allylic oxidation sites excluding steroid dienone is 2. The molecule has 0 aliphatic rings. The van der Waals surface area contributed by atoms with Gasteiger partial charge < -0.3 is 14.8 Å². The van der Waals surface area contributed by atoms with Crippen LogP contribution in [0.3, 0.4) is 0 Å². The van der Waals surface area contributed by atoms with Crippen molar-refractivity contribution in [3.63, 3.8) is 0 Å². The molecule has 1 N–H and O–H groups in total. The van der Waals surface area contributed by atoms with Crippen LogP contribution in [0.2, 0.25) is 0 Å². The van der Waals surface area contributed by atoms with E-state index >= 15 is 4.39 Å². The van der Waals surface area contributed by atoms with Crippen LogP contribution < -0.4 is 5.32 Å². The van der Waals surface area contributed by atoms with E-state index in [1.807, 2.05) is 19.1 Å². The molecule has 220 valence electrons. The van der Waals surface area contributed by atoms with Gasteiger partial charge >= 0.3 is 18.2 Å². The number of alkyl halides is 3. The van der Waals surface area contributed by atoms with Crippen molar-refractivity contribution in [2.75, 3.05) is 6.61 Å². The average molecular weight is 570 g/mol. The molecule has 0 aromatic heterocycles. The highest BCUT2D eigenvalue weighted by molar-refractivity contribution is 5.76. The van der Waals surface area contributed by atoms with Gasteiger partial charge in [0, 0.05) is 5.56 Å². The standard InChI is InChI=1S/C30H36F5NO4/c1-7-9-10-11-12-19-14-21(31)13-18(3)26(19)20-15-22(27(32)23(16-20)30(33,34)35)24(17-25(37)39-8-2)36-28(38)40-29(4,5)6/h7,9,13-16,24H,8,10-12,17H2,1-6H3,(H,36,38)/t24-/m0/s1. The number of nitrogens with one attached hydrogen (secondary N) is 1. The summed E-state index contributed by atoms with van der Waals surface area (Å²) in [6.07, 6.45) is -1.38. The Labute approximate surface area is 231 Å². The fourth-order valence-corrected chi connectivity index (χ4v) is 4.33. The third kappa shape index (κ3) is 9.34. The van der Waals surface area contributed by atoms with E-state index in [0.29, 0.717) is 42.0 Å².